The number of alkyl halides is 2. The maximum absolute atomic E-state index is 12.4. The maximum Gasteiger partial charge on any atom is 0.387 e. The summed E-state index contributed by atoms with van der Waals surface area (Å²) in [6, 6.07) is 12.1. The summed E-state index contributed by atoms with van der Waals surface area (Å²) < 4.78 is 29.2. The van der Waals surface area contributed by atoms with E-state index in [1.54, 1.807) is 37.3 Å². The molecule has 0 aliphatic carbocycles. The fraction of sp³-hybridized carbons (Fsp3) is 0.222. The average Bonchev–Trinajstić information content (AvgIpc) is 2.57. The molecule has 8 heteroatoms. The number of nitrogens with one attached hydrogen (secondary N) is 3. The van der Waals surface area contributed by atoms with Crippen LogP contribution in [0.15, 0.2) is 48.5 Å². The number of carbonyl (C=O) groups excluding carboxylic acids is 2. The third-order valence-corrected chi connectivity index (χ3v) is 3.34. The highest BCUT2D eigenvalue weighted by Crippen LogP contribution is 2.25. The van der Waals surface area contributed by atoms with E-state index in [-0.39, 0.29) is 17.3 Å². The van der Waals surface area contributed by atoms with Gasteiger partial charge in [-0.3, -0.25) is 9.59 Å². The van der Waals surface area contributed by atoms with Gasteiger partial charge in [0.2, 0.25) is 11.8 Å². The zero-order valence-electron chi connectivity index (χ0n) is 14.3. The molecule has 0 saturated heterocycles. The topological polar surface area (TPSA) is 79.5 Å². The monoisotopic (exact) mass is 363 g/mol. The van der Waals surface area contributed by atoms with Crippen molar-refractivity contribution in [2.24, 2.45) is 0 Å². The minimum Gasteiger partial charge on any atom is -0.433 e. The molecule has 26 heavy (non-hydrogen) atoms. The summed E-state index contributed by atoms with van der Waals surface area (Å²) in [5.41, 5.74) is 1.46. The molecule has 6 nitrogen and oxygen atoms in total. The summed E-state index contributed by atoms with van der Waals surface area (Å²) in [5.74, 6) is -0.702. The fourth-order valence-corrected chi connectivity index (χ4v) is 2.18. The summed E-state index contributed by atoms with van der Waals surface area (Å²) in [7, 11) is 0. The van der Waals surface area contributed by atoms with Crippen molar-refractivity contribution in [3.05, 3.63) is 48.5 Å². The first-order valence-corrected chi connectivity index (χ1v) is 7.84. The highest BCUT2D eigenvalue weighted by atomic mass is 19.3. The molecule has 2 amide bonds. The number of rotatable bonds is 7. The van der Waals surface area contributed by atoms with E-state index in [1.807, 2.05) is 0 Å². The van der Waals surface area contributed by atoms with E-state index in [4.69, 9.17) is 0 Å². The van der Waals surface area contributed by atoms with Crippen LogP contribution in [-0.4, -0.2) is 24.5 Å². The summed E-state index contributed by atoms with van der Waals surface area (Å²) >= 11 is 0. The van der Waals surface area contributed by atoms with Crippen molar-refractivity contribution in [3.63, 3.8) is 0 Å². The van der Waals surface area contributed by atoms with Crippen LogP contribution in [0.3, 0.4) is 0 Å². The van der Waals surface area contributed by atoms with Gasteiger partial charge in [-0.15, -0.1) is 0 Å². The zero-order chi connectivity index (χ0) is 19.1. The van der Waals surface area contributed by atoms with Crippen LogP contribution >= 0.6 is 0 Å². The number of para-hydroxylation sites is 2. The molecule has 0 fully saturated rings. The molecule has 0 bridgehead atoms. The zero-order valence-corrected chi connectivity index (χ0v) is 14.3. The van der Waals surface area contributed by atoms with Crippen LogP contribution in [-0.2, 0) is 9.59 Å². The lowest BCUT2D eigenvalue weighted by Crippen LogP contribution is -2.32. The SMILES string of the molecule is CC(=O)Nc1ccc(N[C@@H](C)C(=O)Nc2ccccc2OC(F)F)cc1. The van der Waals surface area contributed by atoms with E-state index in [1.165, 1.54) is 25.1 Å². The lowest BCUT2D eigenvalue weighted by Gasteiger charge is -2.17. The second kappa shape index (κ2) is 8.80. The first-order chi connectivity index (χ1) is 12.3. The van der Waals surface area contributed by atoms with Crippen molar-refractivity contribution in [3.8, 4) is 5.75 Å². The lowest BCUT2D eigenvalue weighted by atomic mass is 10.2. The number of hydrogen-bond donors (Lipinski definition) is 3. The Hall–Kier alpha value is -3.16. The predicted octanol–water partition coefficient (Wildman–Crippen LogP) is 3.69. The van der Waals surface area contributed by atoms with Crippen molar-refractivity contribution in [1.82, 2.24) is 0 Å². The van der Waals surface area contributed by atoms with Gasteiger partial charge in [-0.05, 0) is 43.3 Å². The summed E-state index contributed by atoms with van der Waals surface area (Å²) in [4.78, 5) is 23.3. The molecule has 0 spiro atoms. The molecule has 2 rings (SSSR count). The van der Waals surface area contributed by atoms with E-state index in [2.05, 4.69) is 20.7 Å². The van der Waals surface area contributed by atoms with Crippen LogP contribution in [0.4, 0.5) is 25.8 Å². The quantitative estimate of drug-likeness (QED) is 0.701. The van der Waals surface area contributed by atoms with Crippen LogP contribution in [0.2, 0.25) is 0 Å². The van der Waals surface area contributed by atoms with Crippen LogP contribution in [0.1, 0.15) is 13.8 Å². The van der Waals surface area contributed by atoms with Gasteiger partial charge in [0.25, 0.3) is 0 Å². The normalized spacial score (nSPS) is 11.6. The summed E-state index contributed by atoms with van der Waals surface area (Å²) in [6.45, 7) is 0.0627. The maximum atomic E-state index is 12.4. The Kier molecular flexibility index (Phi) is 6.48. The number of benzene rings is 2. The van der Waals surface area contributed by atoms with Crippen LogP contribution in [0.5, 0.6) is 5.75 Å². The third kappa shape index (κ3) is 5.73. The Morgan fingerprint density at radius 1 is 0.962 bits per heavy atom. The summed E-state index contributed by atoms with van der Waals surface area (Å²) in [5, 5.41) is 8.19. The van der Waals surface area contributed by atoms with E-state index in [0.717, 1.165) is 0 Å². The Bertz CT molecular complexity index is 767. The second-order valence-corrected chi connectivity index (χ2v) is 5.49. The van der Waals surface area contributed by atoms with Gasteiger partial charge in [-0.2, -0.15) is 8.78 Å². The molecule has 3 N–H and O–H groups in total. The first-order valence-electron chi connectivity index (χ1n) is 7.84. The molecule has 0 saturated carbocycles. The molecule has 0 aliphatic rings. The Morgan fingerprint density at radius 3 is 2.19 bits per heavy atom. The number of halogens is 2. The van der Waals surface area contributed by atoms with Gasteiger partial charge in [-0.1, -0.05) is 12.1 Å². The number of ether oxygens (including phenoxy) is 1. The van der Waals surface area contributed by atoms with Crippen molar-refractivity contribution in [1.29, 1.82) is 0 Å². The fourth-order valence-electron chi connectivity index (χ4n) is 2.18. The molecule has 0 radical (unpaired) electrons. The number of hydrogen-bond acceptors (Lipinski definition) is 4. The van der Waals surface area contributed by atoms with Crippen molar-refractivity contribution in [2.75, 3.05) is 16.0 Å². The van der Waals surface area contributed by atoms with Gasteiger partial charge in [-0.25, -0.2) is 0 Å². The largest absolute Gasteiger partial charge is 0.433 e. The van der Waals surface area contributed by atoms with Crippen LogP contribution in [0, 0.1) is 0 Å². The van der Waals surface area contributed by atoms with Gasteiger partial charge in [0.1, 0.15) is 11.8 Å². The number of carbonyl (C=O) groups is 2. The molecule has 1 atom stereocenters. The Labute approximate surface area is 149 Å². The predicted molar refractivity (Wildman–Crippen MR) is 95.5 cm³/mol. The minimum atomic E-state index is -2.98. The summed E-state index contributed by atoms with van der Waals surface area (Å²) in [6.07, 6.45) is 0. The van der Waals surface area contributed by atoms with Crippen molar-refractivity contribution in [2.45, 2.75) is 26.5 Å². The van der Waals surface area contributed by atoms with Crippen molar-refractivity contribution < 1.29 is 23.1 Å². The Morgan fingerprint density at radius 2 is 1.58 bits per heavy atom. The molecule has 2 aromatic carbocycles. The van der Waals surface area contributed by atoms with E-state index in [0.29, 0.717) is 11.4 Å². The second-order valence-electron chi connectivity index (χ2n) is 5.49. The van der Waals surface area contributed by atoms with Gasteiger partial charge in [0, 0.05) is 18.3 Å². The average molecular weight is 363 g/mol. The van der Waals surface area contributed by atoms with Crippen molar-refractivity contribution >= 4 is 28.9 Å². The van der Waals surface area contributed by atoms with Crippen LogP contribution < -0.4 is 20.7 Å². The molecule has 0 heterocycles. The Balaban J connectivity index is 1.98. The highest BCUT2D eigenvalue weighted by Gasteiger charge is 2.16. The molecule has 0 aliphatic heterocycles. The third-order valence-electron chi connectivity index (χ3n) is 3.34. The molecule has 0 unspecified atom stereocenters. The number of amides is 2. The van der Waals surface area contributed by atoms with Crippen LogP contribution in [0.25, 0.3) is 0 Å². The first kappa shape index (κ1) is 19.2. The minimum absolute atomic E-state index is 0.109. The van der Waals surface area contributed by atoms with Gasteiger partial charge >= 0.3 is 6.61 Å². The highest BCUT2D eigenvalue weighted by molar-refractivity contribution is 5.97. The van der Waals surface area contributed by atoms with Gasteiger partial charge < -0.3 is 20.7 Å². The standard InChI is InChI=1S/C18H19F2N3O3/c1-11(21-13-7-9-14(10-8-13)22-12(2)24)17(25)23-15-5-3-4-6-16(15)26-18(19)20/h3-11,18,21H,1-2H3,(H,22,24)(H,23,25)/t11-/m0/s1. The lowest BCUT2D eigenvalue weighted by molar-refractivity contribution is -0.116. The molecule has 2 aromatic rings. The van der Waals surface area contributed by atoms with E-state index < -0.39 is 18.6 Å². The molecular formula is C18H19F2N3O3. The van der Waals surface area contributed by atoms with Gasteiger partial charge in [0.05, 0.1) is 5.69 Å². The molecular weight excluding hydrogens is 344 g/mol. The smallest absolute Gasteiger partial charge is 0.387 e. The molecule has 0 aromatic heterocycles. The molecule has 138 valence electrons. The number of anilines is 3. The van der Waals surface area contributed by atoms with E-state index >= 15 is 0 Å². The van der Waals surface area contributed by atoms with E-state index in [9.17, 15) is 18.4 Å². The van der Waals surface area contributed by atoms with Gasteiger partial charge in [0.15, 0.2) is 0 Å².